The van der Waals surface area contributed by atoms with Crippen LogP contribution in [0.15, 0.2) is 24.5 Å². The minimum absolute atomic E-state index is 0.273. The number of hydrogen-bond acceptors (Lipinski definition) is 3. The molecule has 0 aliphatic rings. The number of aromatic nitrogens is 1. The Bertz CT molecular complexity index is 264. The molecule has 2 atom stereocenters. The summed E-state index contributed by atoms with van der Waals surface area (Å²) in [5, 5.41) is 12.2. The molecular weight excluding hydrogens is 188 g/mol. The van der Waals surface area contributed by atoms with Crippen molar-refractivity contribution in [3.8, 4) is 0 Å². The van der Waals surface area contributed by atoms with Gasteiger partial charge in [0.05, 0.1) is 0 Å². The minimum Gasteiger partial charge on any atom is -0.396 e. The maximum atomic E-state index is 8.73. The molecule has 1 aromatic heterocycles. The number of rotatable bonds is 6. The smallest absolute Gasteiger partial charge is 0.0431 e. The van der Waals surface area contributed by atoms with E-state index in [4.69, 9.17) is 5.11 Å². The Hall–Kier alpha value is -0.930. The molecule has 15 heavy (non-hydrogen) atoms. The summed E-state index contributed by atoms with van der Waals surface area (Å²) in [7, 11) is 0. The predicted molar refractivity (Wildman–Crippen MR) is 61.6 cm³/mol. The first-order chi connectivity index (χ1) is 7.24. The Morgan fingerprint density at radius 3 is 2.60 bits per heavy atom. The molecule has 1 rings (SSSR count). The van der Waals surface area contributed by atoms with Crippen molar-refractivity contribution < 1.29 is 5.11 Å². The summed E-state index contributed by atoms with van der Waals surface area (Å²) >= 11 is 0. The van der Waals surface area contributed by atoms with E-state index in [1.54, 1.807) is 0 Å². The summed E-state index contributed by atoms with van der Waals surface area (Å²) in [6, 6.07) is 4.81. The van der Waals surface area contributed by atoms with Crippen molar-refractivity contribution in [1.82, 2.24) is 10.3 Å². The van der Waals surface area contributed by atoms with Gasteiger partial charge in [-0.2, -0.15) is 0 Å². The summed E-state index contributed by atoms with van der Waals surface area (Å²) in [6.45, 7) is 4.56. The number of nitrogens with one attached hydrogen (secondary N) is 1. The van der Waals surface area contributed by atoms with E-state index in [2.05, 4.69) is 24.1 Å². The molecule has 3 nitrogen and oxygen atoms in total. The van der Waals surface area contributed by atoms with Crippen LogP contribution < -0.4 is 5.32 Å². The maximum absolute atomic E-state index is 8.73. The van der Waals surface area contributed by atoms with Crippen LogP contribution in [0, 0.1) is 0 Å². The molecule has 3 heteroatoms. The normalized spacial score (nSPS) is 14.9. The molecule has 0 unspecified atom stereocenters. The van der Waals surface area contributed by atoms with Gasteiger partial charge in [0.25, 0.3) is 0 Å². The second-order valence-corrected chi connectivity index (χ2v) is 3.94. The SMILES string of the molecule is C[C@H](CCCO)N[C@@H](C)c1ccncc1. The van der Waals surface area contributed by atoms with Crippen LogP contribution in [-0.2, 0) is 0 Å². The lowest BCUT2D eigenvalue weighted by Gasteiger charge is -2.19. The zero-order chi connectivity index (χ0) is 11.1. The van der Waals surface area contributed by atoms with Crippen LogP contribution in [0.5, 0.6) is 0 Å². The lowest BCUT2D eigenvalue weighted by Crippen LogP contribution is -2.29. The summed E-state index contributed by atoms with van der Waals surface area (Å²) < 4.78 is 0. The van der Waals surface area contributed by atoms with Crippen molar-refractivity contribution in [3.05, 3.63) is 30.1 Å². The highest BCUT2D eigenvalue weighted by Crippen LogP contribution is 2.12. The summed E-state index contributed by atoms with van der Waals surface area (Å²) in [5.74, 6) is 0. The minimum atomic E-state index is 0.273. The average molecular weight is 208 g/mol. The second-order valence-electron chi connectivity index (χ2n) is 3.94. The van der Waals surface area contributed by atoms with Crippen LogP contribution in [-0.4, -0.2) is 22.7 Å². The molecule has 0 aliphatic carbocycles. The highest BCUT2D eigenvalue weighted by Gasteiger charge is 2.08. The molecular formula is C12H20N2O. The molecule has 1 heterocycles. The predicted octanol–water partition coefficient (Wildman–Crippen LogP) is 1.89. The zero-order valence-electron chi connectivity index (χ0n) is 9.48. The van der Waals surface area contributed by atoms with Gasteiger partial charge in [0.15, 0.2) is 0 Å². The molecule has 84 valence electrons. The van der Waals surface area contributed by atoms with Gasteiger partial charge in [-0.05, 0) is 44.4 Å². The molecule has 1 aromatic rings. The van der Waals surface area contributed by atoms with Gasteiger partial charge < -0.3 is 10.4 Å². The van der Waals surface area contributed by atoms with Crippen LogP contribution in [0.25, 0.3) is 0 Å². The van der Waals surface area contributed by atoms with Crippen molar-refractivity contribution in [1.29, 1.82) is 0 Å². The Labute approximate surface area is 91.5 Å². The molecule has 0 saturated carbocycles. The third kappa shape index (κ3) is 4.40. The third-order valence-corrected chi connectivity index (χ3v) is 2.54. The molecule has 0 spiro atoms. The van der Waals surface area contributed by atoms with Gasteiger partial charge in [-0.25, -0.2) is 0 Å². The second kappa shape index (κ2) is 6.53. The van der Waals surface area contributed by atoms with Crippen molar-refractivity contribution in [2.45, 2.75) is 38.8 Å². The van der Waals surface area contributed by atoms with E-state index in [0.29, 0.717) is 12.1 Å². The molecule has 0 fully saturated rings. The van der Waals surface area contributed by atoms with Gasteiger partial charge >= 0.3 is 0 Å². The Morgan fingerprint density at radius 2 is 2.00 bits per heavy atom. The number of pyridine rings is 1. The largest absolute Gasteiger partial charge is 0.396 e. The van der Waals surface area contributed by atoms with Crippen LogP contribution in [0.4, 0.5) is 0 Å². The maximum Gasteiger partial charge on any atom is 0.0431 e. The van der Waals surface area contributed by atoms with Crippen LogP contribution >= 0.6 is 0 Å². The van der Waals surface area contributed by atoms with Gasteiger partial charge in [0.2, 0.25) is 0 Å². The van der Waals surface area contributed by atoms with E-state index >= 15 is 0 Å². The van der Waals surface area contributed by atoms with E-state index < -0.39 is 0 Å². The van der Waals surface area contributed by atoms with Gasteiger partial charge in [-0.15, -0.1) is 0 Å². The molecule has 0 aliphatic heterocycles. The Morgan fingerprint density at radius 1 is 1.33 bits per heavy atom. The molecule has 0 radical (unpaired) electrons. The van der Waals surface area contributed by atoms with Crippen molar-refractivity contribution >= 4 is 0 Å². The number of nitrogens with zero attached hydrogens (tertiary/aromatic N) is 1. The van der Waals surface area contributed by atoms with Crippen LogP contribution in [0.1, 0.15) is 38.3 Å². The first-order valence-corrected chi connectivity index (χ1v) is 5.51. The number of aliphatic hydroxyl groups excluding tert-OH is 1. The highest BCUT2D eigenvalue weighted by molar-refractivity contribution is 5.14. The van der Waals surface area contributed by atoms with Crippen molar-refractivity contribution in [2.75, 3.05) is 6.61 Å². The summed E-state index contributed by atoms with van der Waals surface area (Å²) in [4.78, 5) is 4.00. The average Bonchev–Trinajstić information content (AvgIpc) is 2.27. The van der Waals surface area contributed by atoms with E-state index in [0.717, 1.165) is 12.8 Å². The van der Waals surface area contributed by atoms with Gasteiger partial charge in [-0.1, -0.05) is 0 Å². The molecule has 0 bridgehead atoms. The first kappa shape index (κ1) is 12.1. The third-order valence-electron chi connectivity index (χ3n) is 2.54. The molecule has 0 amide bonds. The van der Waals surface area contributed by atoms with Gasteiger partial charge in [0.1, 0.15) is 0 Å². The topological polar surface area (TPSA) is 45.1 Å². The monoisotopic (exact) mass is 208 g/mol. The van der Waals surface area contributed by atoms with Gasteiger partial charge in [-0.3, -0.25) is 4.98 Å². The van der Waals surface area contributed by atoms with Gasteiger partial charge in [0, 0.05) is 31.1 Å². The first-order valence-electron chi connectivity index (χ1n) is 5.51. The van der Waals surface area contributed by atoms with Crippen LogP contribution in [0.3, 0.4) is 0 Å². The van der Waals surface area contributed by atoms with Crippen molar-refractivity contribution in [2.24, 2.45) is 0 Å². The molecule has 0 saturated heterocycles. The van der Waals surface area contributed by atoms with E-state index in [1.807, 2.05) is 24.5 Å². The lowest BCUT2D eigenvalue weighted by molar-refractivity contribution is 0.274. The molecule has 2 N–H and O–H groups in total. The number of hydrogen-bond donors (Lipinski definition) is 2. The van der Waals surface area contributed by atoms with E-state index in [1.165, 1.54) is 5.56 Å². The standard InChI is InChI=1S/C12H20N2O/c1-10(4-3-9-15)14-11(2)12-5-7-13-8-6-12/h5-8,10-11,14-15H,3-4,9H2,1-2H3/t10-,11+/m1/s1. The Kier molecular flexibility index (Phi) is 5.29. The fraction of sp³-hybridized carbons (Fsp3) is 0.583. The summed E-state index contributed by atoms with van der Waals surface area (Å²) in [6.07, 6.45) is 5.49. The van der Waals surface area contributed by atoms with Crippen molar-refractivity contribution in [3.63, 3.8) is 0 Å². The summed E-state index contributed by atoms with van der Waals surface area (Å²) in [5.41, 5.74) is 1.25. The fourth-order valence-corrected chi connectivity index (χ4v) is 1.66. The van der Waals surface area contributed by atoms with Crippen LogP contribution in [0.2, 0.25) is 0 Å². The zero-order valence-corrected chi connectivity index (χ0v) is 9.48. The fourth-order valence-electron chi connectivity index (χ4n) is 1.66. The highest BCUT2D eigenvalue weighted by atomic mass is 16.2. The number of aliphatic hydroxyl groups is 1. The lowest BCUT2D eigenvalue weighted by atomic mass is 10.1. The molecule has 0 aromatic carbocycles. The van der Waals surface area contributed by atoms with E-state index in [9.17, 15) is 0 Å². The Balaban J connectivity index is 2.38. The quantitative estimate of drug-likeness (QED) is 0.750. The van der Waals surface area contributed by atoms with E-state index in [-0.39, 0.29) is 6.61 Å².